The number of rotatable bonds is 5. The highest BCUT2D eigenvalue weighted by molar-refractivity contribution is 6.02. The van der Waals surface area contributed by atoms with Crippen LogP contribution in [-0.2, 0) is 0 Å². The lowest BCUT2D eigenvalue weighted by Crippen LogP contribution is -2.15. The molecule has 9 heteroatoms. The summed E-state index contributed by atoms with van der Waals surface area (Å²) in [5, 5.41) is 18.6. The van der Waals surface area contributed by atoms with Crippen molar-refractivity contribution in [2.24, 2.45) is 0 Å². The van der Waals surface area contributed by atoms with Crippen LogP contribution in [0.25, 0.3) is 11.4 Å². The van der Waals surface area contributed by atoms with Crippen molar-refractivity contribution in [2.45, 2.75) is 18.8 Å². The first kappa shape index (κ1) is 15.9. The molecule has 0 saturated heterocycles. The lowest BCUT2D eigenvalue weighted by molar-refractivity contribution is 0.0689. The van der Waals surface area contributed by atoms with Crippen LogP contribution in [0.2, 0.25) is 0 Å². The van der Waals surface area contributed by atoms with Crippen LogP contribution in [0.15, 0.2) is 36.7 Å². The third-order valence-corrected chi connectivity index (χ3v) is 3.97. The van der Waals surface area contributed by atoms with Crippen molar-refractivity contribution >= 4 is 17.6 Å². The van der Waals surface area contributed by atoms with Gasteiger partial charge < -0.3 is 10.4 Å². The van der Waals surface area contributed by atoms with Gasteiger partial charge >= 0.3 is 5.97 Å². The first-order chi connectivity index (χ1) is 12.6. The number of carbonyl (C=O) groups is 2. The lowest BCUT2D eigenvalue weighted by atomic mass is 10.2. The molecule has 0 atom stereocenters. The highest BCUT2D eigenvalue weighted by Crippen LogP contribution is 2.38. The van der Waals surface area contributed by atoms with E-state index in [-0.39, 0.29) is 11.4 Å². The van der Waals surface area contributed by atoms with Crippen molar-refractivity contribution in [3.63, 3.8) is 0 Å². The molecular formula is C17H14N6O3. The molecule has 0 unspecified atom stereocenters. The molecule has 0 radical (unpaired) electrons. The predicted molar refractivity (Wildman–Crippen MR) is 90.7 cm³/mol. The van der Waals surface area contributed by atoms with E-state index in [2.05, 4.69) is 30.5 Å². The summed E-state index contributed by atoms with van der Waals surface area (Å²) < 4.78 is 0. The van der Waals surface area contributed by atoms with Crippen molar-refractivity contribution in [3.8, 4) is 11.4 Å². The minimum atomic E-state index is -1.20. The third kappa shape index (κ3) is 3.27. The standard InChI is InChI=1S/C17H14N6O3/c24-16(12-7-19-13(8-18-12)17(25)26)20-11-5-3-10(4-6-11)15-21-14(22-23-15)9-1-2-9/h3-9H,1-2H2,(H,20,24)(H,25,26)(H,21,22,23). The summed E-state index contributed by atoms with van der Waals surface area (Å²) >= 11 is 0. The van der Waals surface area contributed by atoms with Crippen molar-refractivity contribution in [3.05, 3.63) is 53.9 Å². The van der Waals surface area contributed by atoms with Gasteiger partial charge in [-0.15, -0.1) is 0 Å². The second-order valence-corrected chi connectivity index (χ2v) is 5.94. The van der Waals surface area contributed by atoms with Gasteiger partial charge in [-0.1, -0.05) is 0 Å². The first-order valence-corrected chi connectivity index (χ1v) is 7.99. The number of aromatic amines is 1. The SMILES string of the molecule is O=C(O)c1cnc(C(=O)Nc2ccc(-c3n[nH]c(C4CC4)n3)cc2)cn1. The number of nitrogens with zero attached hydrogens (tertiary/aromatic N) is 4. The van der Waals surface area contributed by atoms with Crippen LogP contribution < -0.4 is 5.32 Å². The Balaban J connectivity index is 1.44. The third-order valence-electron chi connectivity index (χ3n) is 3.97. The number of aromatic carboxylic acids is 1. The molecule has 2 heterocycles. The molecule has 9 nitrogen and oxygen atoms in total. The van der Waals surface area contributed by atoms with E-state index in [1.807, 2.05) is 12.1 Å². The molecule has 3 N–H and O–H groups in total. The smallest absolute Gasteiger partial charge is 0.356 e. The van der Waals surface area contributed by atoms with Crippen LogP contribution >= 0.6 is 0 Å². The number of amides is 1. The molecule has 26 heavy (non-hydrogen) atoms. The number of hydrogen-bond donors (Lipinski definition) is 3. The maximum absolute atomic E-state index is 12.1. The normalized spacial score (nSPS) is 13.4. The van der Waals surface area contributed by atoms with Crippen molar-refractivity contribution in [1.29, 1.82) is 0 Å². The lowest BCUT2D eigenvalue weighted by Gasteiger charge is -2.05. The summed E-state index contributed by atoms with van der Waals surface area (Å²) in [7, 11) is 0. The van der Waals surface area contributed by atoms with Crippen molar-refractivity contribution < 1.29 is 14.7 Å². The molecule has 130 valence electrons. The fraction of sp³-hybridized carbons (Fsp3) is 0.176. The number of benzene rings is 1. The largest absolute Gasteiger partial charge is 0.476 e. The van der Waals surface area contributed by atoms with E-state index in [0.717, 1.165) is 36.6 Å². The summed E-state index contributed by atoms with van der Waals surface area (Å²) in [6, 6.07) is 7.10. The highest BCUT2D eigenvalue weighted by atomic mass is 16.4. The first-order valence-electron chi connectivity index (χ1n) is 7.99. The molecular weight excluding hydrogens is 336 g/mol. The molecule has 1 aromatic carbocycles. The molecule has 1 saturated carbocycles. The monoisotopic (exact) mass is 350 g/mol. The summed E-state index contributed by atoms with van der Waals surface area (Å²) in [6.07, 6.45) is 4.47. The number of carbonyl (C=O) groups excluding carboxylic acids is 1. The van der Waals surface area contributed by atoms with E-state index in [0.29, 0.717) is 17.4 Å². The number of aromatic nitrogens is 5. The zero-order valence-electron chi connectivity index (χ0n) is 13.5. The molecule has 0 aliphatic heterocycles. The van der Waals surface area contributed by atoms with Crippen LogP contribution in [0, 0.1) is 0 Å². The minimum Gasteiger partial charge on any atom is -0.476 e. The molecule has 2 aromatic heterocycles. The minimum absolute atomic E-state index is 0.0297. The van der Waals surface area contributed by atoms with Gasteiger partial charge in [-0.2, -0.15) is 5.10 Å². The second-order valence-electron chi connectivity index (χ2n) is 5.94. The van der Waals surface area contributed by atoms with Gasteiger partial charge in [0.15, 0.2) is 11.5 Å². The van der Waals surface area contributed by atoms with E-state index >= 15 is 0 Å². The maximum atomic E-state index is 12.1. The Hall–Kier alpha value is -3.62. The predicted octanol–water partition coefficient (Wildman–Crippen LogP) is 2.09. The van der Waals surface area contributed by atoms with E-state index in [9.17, 15) is 9.59 Å². The van der Waals surface area contributed by atoms with Gasteiger partial charge in [0.25, 0.3) is 5.91 Å². The van der Waals surface area contributed by atoms with Crippen LogP contribution in [0.3, 0.4) is 0 Å². The molecule has 1 amide bonds. The highest BCUT2D eigenvalue weighted by Gasteiger charge is 2.27. The zero-order valence-corrected chi connectivity index (χ0v) is 13.5. The Labute approximate surface area is 147 Å². The van der Waals surface area contributed by atoms with Crippen molar-refractivity contribution in [2.75, 3.05) is 5.32 Å². The Bertz CT molecular complexity index is 961. The number of carboxylic acids is 1. The summed E-state index contributed by atoms with van der Waals surface area (Å²) in [4.78, 5) is 34.9. The van der Waals surface area contributed by atoms with Gasteiger partial charge in [0.05, 0.1) is 12.4 Å². The molecule has 0 spiro atoms. The molecule has 1 fully saturated rings. The van der Waals surface area contributed by atoms with Gasteiger partial charge in [-0.25, -0.2) is 19.7 Å². The Morgan fingerprint density at radius 2 is 1.77 bits per heavy atom. The molecule has 1 aliphatic carbocycles. The quantitative estimate of drug-likeness (QED) is 0.641. The number of anilines is 1. The number of nitrogens with one attached hydrogen (secondary N) is 2. The van der Waals surface area contributed by atoms with Crippen LogP contribution in [-0.4, -0.2) is 42.1 Å². The summed E-state index contributed by atoms with van der Waals surface area (Å²) in [5.74, 6) is 0.372. The van der Waals surface area contributed by atoms with Crippen LogP contribution in [0.1, 0.15) is 45.6 Å². The number of carboxylic acid groups (broad SMARTS) is 1. The Morgan fingerprint density at radius 1 is 1.08 bits per heavy atom. The summed E-state index contributed by atoms with van der Waals surface area (Å²) in [5.41, 5.74) is 1.22. The zero-order chi connectivity index (χ0) is 18.1. The average molecular weight is 350 g/mol. The molecule has 1 aliphatic rings. The van der Waals surface area contributed by atoms with E-state index in [1.54, 1.807) is 12.1 Å². The number of H-pyrrole nitrogens is 1. The Kier molecular flexibility index (Phi) is 3.88. The van der Waals surface area contributed by atoms with E-state index in [4.69, 9.17) is 5.11 Å². The van der Waals surface area contributed by atoms with Gasteiger partial charge in [-0.3, -0.25) is 9.89 Å². The van der Waals surface area contributed by atoms with Gasteiger partial charge in [-0.05, 0) is 37.1 Å². The van der Waals surface area contributed by atoms with Gasteiger partial charge in [0.2, 0.25) is 0 Å². The molecule has 0 bridgehead atoms. The van der Waals surface area contributed by atoms with Crippen LogP contribution in [0.5, 0.6) is 0 Å². The fourth-order valence-electron chi connectivity index (χ4n) is 2.40. The Morgan fingerprint density at radius 3 is 2.38 bits per heavy atom. The van der Waals surface area contributed by atoms with Gasteiger partial charge in [0, 0.05) is 17.2 Å². The fourth-order valence-corrected chi connectivity index (χ4v) is 2.40. The summed E-state index contributed by atoms with van der Waals surface area (Å²) in [6.45, 7) is 0. The number of hydrogen-bond acceptors (Lipinski definition) is 6. The van der Waals surface area contributed by atoms with Gasteiger partial charge in [0.1, 0.15) is 11.5 Å². The average Bonchev–Trinajstić information content (AvgIpc) is 3.39. The van der Waals surface area contributed by atoms with E-state index < -0.39 is 11.9 Å². The van der Waals surface area contributed by atoms with Crippen LogP contribution in [0.4, 0.5) is 5.69 Å². The molecule has 3 aromatic rings. The second kappa shape index (κ2) is 6.36. The van der Waals surface area contributed by atoms with Crippen molar-refractivity contribution in [1.82, 2.24) is 25.1 Å². The maximum Gasteiger partial charge on any atom is 0.356 e. The topological polar surface area (TPSA) is 134 Å². The van der Waals surface area contributed by atoms with E-state index in [1.165, 1.54) is 0 Å². The molecule has 4 rings (SSSR count).